The number of hydrogen-bond donors (Lipinski definition) is 2. The van der Waals surface area contributed by atoms with Gasteiger partial charge in [-0.2, -0.15) is 0 Å². The molecule has 0 aliphatic rings. The van der Waals surface area contributed by atoms with Gasteiger partial charge in [0, 0.05) is 12.2 Å². The van der Waals surface area contributed by atoms with E-state index in [2.05, 4.69) is 32.7 Å². The fourth-order valence-electron chi connectivity index (χ4n) is 1.74. The molecule has 0 fully saturated rings. The van der Waals surface area contributed by atoms with Gasteiger partial charge in [0.25, 0.3) is 5.91 Å². The Labute approximate surface area is 129 Å². The molecule has 6 nitrogen and oxygen atoms in total. The fourth-order valence-corrected chi connectivity index (χ4v) is 3.12. The molecule has 2 aromatic heterocycles. The molecular weight excluding hydrogens is 306 g/mol. The normalized spacial score (nSPS) is 10.7. The summed E-state index contributed by atoms with van der Waals surface area (Å²) in [4.78, 5) is 16.3. The van der Waals surface area contributed by atoms with Gasteiger partial charge in [-0.15, -0.1) is 21.5 Å². The predicted molar refractivity (Wildman–Crippen MR) is 86.3 cm³/mol. The molecule has 0 aliphatic carbocycles. The Balaban J connectivity index is 1.71. The number of anilines is 2. The molecule has 1 amide bonds. The maximum atomic E-state index is 12.1. The summed E-state index contributed by atoms with van der Waals surface area (Å²) in [7, 11) is 0. The molecular formula is C13H13N5OS2. The molecule has 3 aromatic rings. The summed E-state index contributed by atoms with van der Waals surface area (Å²) >= 11 is 2.79. The Hall–Kier alpha value is -2.06. The predicted octanol–water partition coefficient (Wildman–Crippen LogP) is 3.22. The summed E-state index contributed by atoms with van der Waals surface area (Å²) in [6.07, 6.45) is 0.996. The summed E-state index contributed by atoms with van der Waals surface area (Å²) < 4.78 is 1.04. The van der Waals surface area contributed by atoms with Gasteiger partial charge < -0.3 is 10.6 Å². The van der Waals surface area contributed by atoms with Crippen LogP contribution in [0, 0.1) is 0 Å². The second-order valence-corrected chi connectivity index (χ2v) is 6.19. The highest BCUT2D eigenvalue weighted by atomic mass is 32.1. The van der Waals surface area contributed by atoms with E-state index in [-0.39, 0.29) is 5.91 Å². The molecule has 3 rings (SSSR count). The van der Waals surface area contributed by atoms with Crippen LogP contribution in [-0.4, -0.2) is 27.6 Å². The van der Waals surface area contributed by atoms with Crippen LogP contribution >= 0.6 is 22.7 Å². The molecule has 0 atom stereocenters. The third kappa shape index (κ3) is 3.17. The standard InChI is InChI=1S/C13H13N5OS2/c1-2-5-14-13-18-17-12(21-13)11(19)16-8-3-4-9-10(6-8)20-7-15-9/h3-4,6-7H,2,5H2,1H3,(H,14,18)(H,16,19). The average Bonchev–Trinajstić information content (AvgIpc) is 3.13. The zero-order chi connectivity index (χ0) is 14.7. The molecule has 0 radical (unpaired) electrons. The molecule has 0 aliphatic heterocycles. The van der Waals surface area contributed by atoms with Crippen molar-refractivity contribution in [1.82, 2.24) is 15.2 Å². The number of fused-ring (bicyclic) bond motifs is 1. The lowest BCUT2D eigenvalue weighted by molar-refractivity contribution is 0.102. The summed E-state index contributed by atoms with van der Waals surface area (Å²) in [5.41, 5.74) is 3.45. The van der Waals surface area contributed by atoms with Crippen LogP contribution in [0.15, 0.2) is 23.7 Å². The highest BCUT2D eigenvalue weighted by molar-refractivity contribution is 7.17. The van der Waals surface area contributed by atoms with Crippen LogP contribution in [0.25, 0.3) is 10.2 Å². The van der Waals surface area contributed by atoms with Gasteiger partial charge in [-0.1, -0.05) is 18.3 Å². The lowest BCUT2D eigenvalue weighted by Crippen LogP contribution is -2.11. The van der Waals surface area contributed by atoms with E-state index in [4.69, 9.17) is 0 Å². The van der Waals surface area contributed by atoms with Crippen molar-refractivity contribution in [2.45, 2.75) is 13.3 Å². The van der Waals surface area contributed by atoms with Crippen LogP contribution in [0.4, 0.5) is 10.8 Å². The van der Waals surface area contributed by atoms with E-state index >= 15 is 0 Å². The molecule has 2 heterocycles. The fraction of sp³-hybridized carbons (Fsp3) is 0.231. The first kappa shape index (κ1) is 13.9. The zero-order valence-corrected chi connectivity index (χ0v) is 12.9. The summed E-state index contributed by atoms with van der Waals surface area (Å²) in [6, 6.07) is 5.62. The van der Waals surface area contributed by atoms with Crippen molar-refractivity contribution in [3.63, 3.8) is 0 Å². The SMILES string of the molecule is CCCNc1nnc(C(=O)Nc2ccc3ncsc3c2)s1. The number of carbonyl (C=O) groups is 1. The van der Waals surface area contributed by atoms with Crippen molar-refractivity contribution in [2.24, 2.45) is 0 Å². The maximum absolute atomic E-state index is 12.1. The molecule has 1 aromatic carbocycles. The number of thiazole rings is 1. The van der Waals surface area contributed by atoms with Gasteiger partial charge in [0.1, 0.15) is 0 Å². The first-order chi connectivity index (χ1) is 10.3. The topological polar surface area (TPSA) is 79.8 Å². The number of nitrogens with zero attached hydrogens (tertiary/aromatic N) is 3. The van der Waals surface area contributed by atoms with E-state index < -0.39 is 0 Å². The van der Waals surface area contributed by atoms with E-state index in [1.165, 1.54) is 22.7 Å². The summed E-state index contributed by atoms with van der Waals surface area (Å²) in [5.74, 6) is -0.249. The second-order valence-electron chi connectivity index (χ2n) is 4.33. The van der Waals surface area contributed by atoms with Gasteiger partial charge in [0.2, 0.25) is 10.1 Å². The smallest absolute Gasteiger partial charge is 0.286 e. The first-order valence-electron chi connectivity index (χ1n) is 6.48. The van der Waals surface area contributed by atoms with Gasteiger partial charge in [0.05, 0.1) is 15.7 Å². The summed E-state index contributed by atoms with van der Waals surface area (Å²) in [5, 5.41) is 14.8. The van der Waals surface area contributed by atoms with E-state index in [1.54, 1.807) is 5.51 Å². The van der Waals surface area contributed by atoms with Crippen molar-refractivity contribution in [1.29, 1.82) is 0 Å². The number of amides is 1. The van der Waals surface area contributed by atoms with Crippen LogP contribution in [0.5, 0.6) is 0 Å². The minimum absolute atomic E-state index is 0.249. The van der Waals surface area contributed by atoms with Gasteiger partial charge in [-0.3, -0.25) is 4.79 Å². The largest absolute Gasteiger partial charge is 0.360 e. The van der Waals surface area contributed by atoms with Crippen LogP contribution in [0.1, 0.15) is 23.1 Å². The highest BCUT2D eigenvalue weighted by Gasteiger charge is 2.13. The van der Waals surface area contributed by atoms with Crippen LogP contribution in [0.3, 0.4) is 0 Å². The molecule has 0 saturated carbocycles. The number of benzene rings is 1. The minimum atomic E-state index is -0.249. The van der Waals surface area contributed by atoms with Gasteiger partial charge in [0.15, 0.2) is 0 Å². The Bertz CT molecular complexity index is 767. The maximum Gasteiger partial charge on any atom is 0.286 e. The molecule has 0 bridgehead atoms. The van der Waals surface area contributed by atoms with Crippen LogP contribution < -0.4 is 10.6 Å². The summed E-state index contributed by atoms with van der Waals surface area (Å²) in [6.45, 7) is 2.88. The van der Waals surface area contributed by atoms with Crippen molar-refractivity contribution < 1.29 is 4.79 Å². The third-order valence-electron chi connectivity index (χ3n) is 2.73. The molecule has 0 saturated heterocycles. The zero-order valence-electron chi connectivity index (χ0n) is 11.3. The van der Waals surface area contributed by atoms with E-state index in [0.29, 0.717) is 10.1 Å². The van der Waals surface area contributed by atoms with E-state index in [0.717, 1.165) is 28.9 Å². The number of nitrogens with one attached hydrogen (secondary N) is 2. The van der Waals surface area contributed by atoms with Crippen molar-refractivity contribution >= 4 is 49.6 Å². The van der Waals surface area contributed by atoms with Gasteiger partial charge >= 0.3 is 0 Å². The Kier molecular flexibility index (Phi) is 4.07. The minimum Gasteiger partial charge on any atom is -0.360 e. The monoisotopic (exact) mass is 319 g/mol. The van der Waals surface area contributed by atoms with E-state index in [9.17, 15) is 4.79 Å². The van der Waals surface area contributed by atoms with Crippen LogP contribution in [0.2, 0.25) is 0 Å². The highest BCUT2D eigenvalue weighted by Crippen LogP contribution is 2.23. The van der Waals surface area contributed by atoms with Gasteiger partial charge in [-0.25, -0.2) is 4.98 Å². The molecule has 2 N–H and O–H groups in total. The van der Waals surface area contributed by atoms with Crippen molar-refractivity contribution in [3.8, 4) is 0 Å². The number of carbonyl (C=O) groups excluding carboxylic acids is 1. The van der Waals surface area contributed by atoms with Crippen molar-refractivity contribution in [3.05, 3.63) is 28.7 Å². The molecule has 0 unspecified atom stereocenters. The average molecular weight is 319 g/mol. The number of aromatic nitrogens is 3. The van der Waals surface area contributed by atoms with E-state index in [1.807, 2.05) is 18.2 Å². The number of rotatable bonds is 5. The molecule has 0 spiro atoms. The Morgan fingerprint density at radius 2 is 2.24 bits per heavy atom. The van der Waals surface area contributed by atoms with Gasteiger partial charge in [-0.05, 0) is 24.6 Å². The molecule has 21 heavy (non-hydrogen) atoms. The third-order valence-corrected chi connectivity index (χ3v) is 4.41. The van der Waals surface area contributed by atoms with Crippen molar-refractivity contribution in [2.75, 3.05) is 17.2 Å². The Morgan fingerprint density at radius 3 is 3.10 bits per heavy atom. The number of hydrogen-bond acceptors (Lipinski definition) is 7. The lowest BCUT2D eigenvalue weighted by Gasteiger charge is -2.02. The molecule has 8 heteroatoms. The quantitative estimate of drug-likeness (QED) is 0.755. The molecule has 108 valence electrons. The Morgan fingerprint density at radius 1 is 1.33 bits per heavy atom. The second kappa shape index (κ2) is 6.15. The van der Waals surface area contributed by atoms with Crippen LogP contribution in [-0.2, 0) is 0 Å². The lowest BCUT2D eigenvalue weighted by atomic mass is 10.3. The first-order valence-corrected chi connectivity index (χ1v) is 8.18.